The van der Waals surface area contributed by atoms with Crippen LogP contribution in [0.5, 0.6) is 5.88 Å². The number of ether oxygens (including phenoxy) is 2. The lowest BCUT2D eigenvalue weighted by Gasteiger charge is -2.06. The van der Waals surface area contributed by atoms with Gasteiger partial charge in [0.25, 0.3) is 0 Å². The van der Waals surface area contributed by atoms with Crippen LogP contribution in [0.4, 0.5) is 10.5 Å². The molecule has 0 saturated heterocycles. The molecule has 5 nitrogen and oxygen atoms in total. The first-order chi connectivity index (χ1) is 6.27. The van der Waals surface area contributed by atoms with E-state index in [4.69, 9.17) is 4.74 Å². The summed E-state index contributed by atoms with van der Waals surface area (Å²) in [5, 5.41) is 2.46. The smallest absolute Gasteiger partial charge is 0.411 e. The Bertz CT molecular complexity index is 301. The lowest BCUT2D eigenvalue weighted by molar-refractivity contribution is 0.186. The number of nitrogens with zero attached hydrogens (tertiary/aromatic N) is 1. The topological polar surface area (TPSA) is 60.5 Å². The van der Waals surface area contributed by atoms with Crippen LogP contribution in [0.15, 0.2) is 18.3 Å². The molecule has 0 aromatic carbocycles. The highest BCUT2D eigenvalue weighted by Gasteiger charge is 2.06. The summed E-state index contributed by atoms with van der Waals surface area (Å²) in [6, 6.07) is 3.36. The van der Waals surface area contributed by atoms with Gasteiger partial charge in [0.15, 0.2) is 0 Å². The van der Waals surface area contributed by atoms with Crippen molar-refractivity contribution in [1.82, 2.24) is 4.98 Å². The van der Waals surface area contributed by atoms with Crippen molar-refractivity contribution in [2.45, 2.75) is 0 Å². The zero-order valence-electron chi connectivity index (χ0n) is 7.40. The first-order valence-corrected chi connectivity index (χ1v) is 3.62. The van der Waals surface area contributed by atoms with E-state index in [-0.39, 0.29) is 0 Å². The molecule has 1 amide bonds. The molecule has 0 unspecified atom stereocenters. The molecule has 0 atom stereocenters. The van der Waals surface area contributed by atoms with Gasteiger partial charge in [-0.05, 0) is 12.1 Å². The van der Waals surface area contributed by atoms with Crippen molar-refractivity contribution in [2.24, 2.45) is 0 Å². The number of amides is 1. The molecule has 0 aliphatic heterocycles. The van der Waals surface area contributed by atoms with Gasteiger partial charge in [0.1, 0.15) is 5.69 Å². The third-order valence-electron chi connectivity index (χ3n) is 1.39. The predicted molar refractivity (Wildman–Crippen MR) is 46.8 cm³/mol. The van der Waals surface area contributed by atoms with Crippen LogP contribution in [0.3, 0.4) is 0 Å². The van der Waals surface area contributed by atoms with Crippen LogP contribution >= 0.6 is 0 Å². The Morgan fingerprint density at radius 1 is 1.54 bits per heavy atom. The minimum absolute atomic E-state index is 0.355. The summed E-state index contributed by atoms with van der Waals surface area (Å²) < 4.78 is 9.33. The summed E-state index contributed by atoms with van der Waals surface area (Å²) in [6.07, 6.45) is 1.02. The summed E-state index contributed by atoms with van der Waals surface area (Å²) in [7, 11) is 2.77. The van der Waals surface area contributed by atoms with E-state index in [0.29, 0.717) is 11.6 Å². The lowest BCUT2D eigenvalue weighted by atomic mass is 10.4. The number of rotatable bonds is 2. The highest BCUT2D eigenvalue weighted by molar-refractivity contribution is 5.85. The molecule has 13 heavy (non-hydrogen) atoms. The zero-order chi connectivity index (χ0) is 9.68. The van der Waals surface area contributed by atoms with Crippen LogP contribution < -0.4 is 10.1 Å². The van der Waals surface area contributed by atoms with E-state index in [2.05, 4.69) is 15.0 Å². The molecule has 1 rings (SSSR count). The molecule has 0 saturated carbocycles. The molecule has 1 heterocycles. The van der Waals surface area contributed by atoms with Gasteiger partial charge in [0.05, 0.1) is 14.2 Å². The maximum atomic E-state index is 10.8. The van der Waals surface area contributed by atoms with E-state index >= 15 is 0 Å². The molecule has 0 aliphatic rings. The average molecular weight is 182 g/mol. The van der Waals surface area contributed by atoms with Gasteiger partial charge in [-0.15, -0.1) is 0 Å². The normalized spacial score (nSPS) is 9.08. The monoisotopic (exact) mass is 182 g/mol. The Morgan fingerprint density at radius 2 is 2.31 bits per heavy atom. The second kappa shape index (κ2) is 4.30. The first-order valence-electron chi connectivity index (χ1n) is 3.62. The number of methoxy groups -OCH3 is 2. The van der Waals surface area contributed by atoms with E-state index in [1.54, 1.807) is 18.3 Å². The van der Waals surface area contributed by atoms with Crippen molar-refractivity contribution in [3.05, 3.63) is 18.3 Å². The Morgan fingerprint density at radius 3 is 2.92 bits per heavy atom. The van der Waals surface area contributed by atoms with Gasteiger partial charge in [0.2, 0.25) is 5.88 Å². The standard InChI is InChI=1S/C8H10N2O3/c1-12-7-6(4-3-5-9-7)10-8(11)13-2/h3-5H,1-2H3,(H,10,11). The van der Waals surface area contributed by atoms with Crippen molar-refractivity contribution in [3.63, 3.8) is 0 Å². The Labute approximate surface area is 75.7 Å². The van der Waals surface area contributed by atoms with Gasteiger partial charge < -0.3 is 9.47 Å². The lowest BCUT2D eigenvalue weighted by Crippen LogP contribution is -2.12. The summed E-state index contributed by atoms with van der Waals surface area (Å²) in [6.45, 7) is 0. The van der Waals surface area contributed by atoms with E-state index in [9.17, 15) is 4.79 Å². The summed E-state index contributed by atoms with van der Waals surface area (Å²) in [5.74, 6) is 0.355. The maximum Gasteiger partial charge on any atom is 0.411 e. The summed E-state index contributed by atoms with van der Waals surface area (Å²) in [4.78, 5) is 14.7. The van der Waals surface area contributed by atoms with Crippen LogP contribution in [-0.2, 0) is 4.74 Å². The third-order valence-corrected chi connectivity index (χ3v) is 1.39. The van der Waals surface area contributed by atoms with Crippen LogP contribution in [0.2, 0.25) is 0 Å². The molecule has 0 fully saturated rings. The van der Waals surface area contributed by atoms with E-state index in [0.717, 1.165) is 0 Å². The fraction of sp³-hybridized carbons (Fsp3) is 0.250. The zero-order valence-corrected chi connectivity index (χ0v) is 7.40. The first kappa shape index (κ1) is 9.31. The van der Waals surface area contributed by atoms with Gasteiger partial charge in [-0.1, -0.05) is 0 Å². The number of anilines is 1. The fourth-order valence-corrected chi connectivity index (χ4v) is 0.810. The fourth-order valence-electron chi connectivity index (χ4n) is 0.810. The van der Waals surface area contributed by atoms with E-state index < -0.39 is 6.09 Å². The minimum Gasteiger partial charge on any atom is -0.480 e. The van der Waals surface area contributed by atoms with Crippen LogP contribution in [-0.4, -0.2) is 25.3 Å². The van der Waals surface area contributed by atoms with Gasteiger partial charge in [-0.25, -0.2) is 9.78 Å². The molecule has 0 bridgehead atoms. The van der Waals surface area contributed by atoms with Crippen LogP contribution in [0.25, 0.3) is 0 Å². The van der Waals surface area contributed by atoms with E-state index in [1.165, 1.54) is 14.2 Å². The van der Waals surface area contributed by atoms with Crippen molar-refractivity contribution in [1.29, 1.82) is 0 Å². The molecule has 70 valence electrons. The summed E-state index contributed by atoms with van der Waals surface area (Å²) in [5.41, 5.74) is 0.483. The van der Waals surface area contributed by atoms with Gasteiger partial charge in [0, 0.05) is 6.20 Å². The highest BCUT2D eigenvalue weighted by atomic mass is 16.5. The van der Waals surface area contributed by atoms with Crippen molar-refractivity contribution in [2.75, 3.05) is 19.5 Å². The number of aromatic nitrogens is 1. The molecular weight excluding hydrogens is 172 g/mol. The number of hydrogen-bond acceptors (Lipinski definition) is 4. The highest BCUT2D eigenvalue weighted by Crippen LogP contribution is 2.19. The largest absolute Gasteiger partial charge is 0.480 e. The van der Waals surface area contributed by atoms with Crippen LogP contribution in [0.1, 0.15) is 0 Å². The predicted octanol–water partition coefficient (Wildman–Crippen LogP) is 1.27. The molecule has 0 spiro atoms. The van der Waals surface area contributed by atoms with Gasteiger partial charge in [-0.2, -0.15) is 0 Å². The molecule has 1 aromatic rings. The number of carbonyl (C=O) groups is 1. The third kappa shape index (κ3) is 2.33. The van der Waals surface area contributed by atoms with Crippen molar-refractivity contribution in [3.8, 4) is 5.88 Å². The Kier molecular flexibility index (Phi) is 3.08. The molecule has 5 heteroatoms. The van der Waals surface area contributed by atoms with Crippen molar-refractivity contribution >= 4 is 11.8 Å². The molecule has 1 N–H and O–H groups in total. The van der Waals surface area contributed by atoms with Gasteiger partial charge >= 0.3 is 6.09 Å². The Balaban J connectivity index is 2.81. The van der Waals surface area contributed by atoms with E-state index in [1.807, 2.05) is 0 Å². The average Bonchev–Trinajstić information content (AvgIpc) is 2.18. The minimum atomic E-state index is -0.550. The molecular formula is C8H10N2O3. The molecule has 0 aliphatic carbocycles. The second-order valence-corrected chi connectivity index (χ2v) is 2.18. The number of nitrogens with one attached hydrogen (secondary N) is 1. The number of pyridine rings is 1. The second-order valence-electron chi connectivity index (χ2n) is 2.18. The van der Waals surface area contributed by atoms with Crippen molar-refractivity contribution < 1.29 is 14.3 Å². The molecule has 0 radical (unpaired) electrons. The van der Waals surface area contributed by atoms with Gasteiger partial charge in [-0.3, -0.25) is 5.32 Å². The molecule has 1 aromatic heterocycles. The summed E-state index contributed by atoms with van der Waals surface area (Å²) >= 11 is 0. The SMILES string of the molecule is COC(=O)Nc1cccnc1OC. The quantitative estimate of drug-likeness (QED) is 0.748. The van der Waals surface area contributed by atoms with Crippen LogP contribution in [0, 0.1) is 0 Å². The Hall–Kier alpha value is -1.78. The number of hydrogen-bond donors (Lipinski definition) is 1. The maximum absolute atomic E-state index is 10.8. The number of carbonyl (C=O) groups excluding carboxylic acids is 1.